The highest BCUT2D eigenvalue weighted by atomic mass is 19.4. The summed E-state index contributed by atoms with van der Waals surface area (Å²) in [6.45, 7) is 0. The van der Waals surface area contributed by atoms with Gasteiger partial charge in [-0.15, -0.1) is 0 Å². The summed E-state index contributed by atoms with van der Waals surface area (Å²) < 4.78 is 50.0. The highest BCUT2D eigenvalue weighted by Gasteiger charge is 2.35. The van der Waals surface area contributed by atoms with Crippen LogP contribution in [-0.2, 0) is 6.18 Å². The van der Waals surface area contributed by atoms with E-state index in [9.17, 15) is 52.6 Å². The molecular formula is C71H29F3N12. The molecule has 0 aliphatic rings. The fourth-order valence-corrected chi connectivity index (χ4v) is 11.4. The molecule has 0 bridgehead atoms. The minimum Gasteiger partial charge on any atom is -0.307 e. The lowest BCUT2D eigenvalue weighted by molar-refractivity contribution is -0.137. The minimum absolute atomic E-state index is 0.126. The van der Waals surface area contributed by atoms with Crippen molar-refractivity contribution in [1.29, 1.82) is 52.6 Å². The van der Waals surface area contributed by atoms with Crippen molar-refractivity contribution < 1.29 is 13.2 Å². The van der Waals surface area contributed by atoms with E-state index >= 15 is 13.2 Å². The summed E-state index contributed by atoms with van der Waals surface area (Å²) in [6, 6.07) is 68.2. The second-order valence-electron chi connectivity index (χ2n) is 19.9. The van der Waals surface area contributed by atoms with Crippen LogP contribution in [0.15, 0.2) is 176 Å². The molecule has 0 amide bonds. The molecule has 86 heavy (non-hydrogen) atoms. The minimum atomic E-state index is -5.00. The molecule has 0 saturated heterocycles. The van der Waals surface area contributed by atoms with Gasteiger partial charge in [-0.3, -0.25) is 0 Å². The van der Waals surface area contributed by atoms with E-state index in [2.05, 4.69) is 54.6 Å². The number of aromatic nitrogens is 2. The number of rotatable bonds is 7. The molecule has 0 aliphatic heterocycles. The Kier molecular flexibility index (Phi) is 12.9. The van der Waals surface area contributed by atoms with Crippen LogP contribution in [0.5, 0.6) is 0 Å². The van der Waals surface area contributed by atoms with Gasteiger partial charge in [0.1, 0.15) is 0 Å². The van der Waals surface area contributed by atoms with Crippen molar-refractivity contribution in [1.82, 2.24) is 9.13 Å². The maximum Gasteiger partial charge on any atom is 0.417 e. The van der Waals surface area contributed by atoms with Gasteiger partial charge in [0.15, 0.2) is 0 Å². The van der Waals surface area contributed by atoms with Gasteiger partial charge < -0.3 is 9.13 Å². The van der Waals surface area contributed by atoms with Crippen LogP contribution in [0.4, 0.5) is 13.2 Å². The van der Waals surface area contributed by atoms with E-state index in [-0.39, 0.29) is 72.4 Å². The summed E-state index contributed by atoms with van der Waals surface area (Å²) in [5, 5.41) is 104. The molecule has 0 spiro atoms. The molecule has 394 valence electrons. The highest BCUT2D eigenvalue weighted by Crippen LogP contribution is 2.47. The lowest BCUT2D eigenvalue weighted by Crippen LogP contribution is -2.10. The van der Waals surface area contributed by atoms with Gasteiger partial charge in [0.05, 0.1) is 155 Å². The second kappa shape index (κ2) is 20.9. The number of hydrogen-bond donors (Lipinski definition) is 0. The molecule has 15 heteroatoms. The zero-order valence-electron chi connectivity index (χ0n) is 44.2. The van der Waals surface area contributed by atoms with Gasteiger partial charge >= 0.3 is 6.18 Å². The number of hydrogen-bond acceptors (Lipinski definition) is 10. The average molecular weight is 1110 g/mol. The molecule has 0 atom stereocenters. The predicted octanol–water partition coefficient (Wildman–Crippen LogP) is 16.0. The van der Waals surface area contributed by atoms with Crippen LogP contribution in [-0.4, -0.2) is 9.13 Å². The molecule has 0 N–H and O–H groups in total. The zero-order chi connectivity index (χ0) is 60.1. The third kappa shape index (κ3) is 8.73. The summed E-state index contributed by atoms with van der Waals surface area (Å²) in [7, 11) is 0. The summed E-state index contributed by atoms with van der Waals surface area (Å²) >= 11 is 0. The van der Waals surface area contributed by atoms with Crippen LogP contribution < -0.4 is 0 Å². The van der Waals surface area contributed by atoms with E-state index < -0.39 is 11.7 Å². The number of nitriles is 10. The van der Waals surface area contributed by atoms with E-state index in [0.29, 0.717) is 93.8 Å². The molecule has 0 saturated carbocycles. The number of fused-ring (bicyclic) bond motifs is 6. The van der Waals surface area contributed by atoms with Gasteiger partial charge in [-0.1, -0.05) is 54.6 Å². The maximum absolute atomic E-state index is 15.4. The molecule has 0 radical (unpaired) electrons. The summed E-state index contributed by atoms with van der Waals surface area (Å²) in [6.07, 6.45) is -5.00. The first-order valence-electron chi connectivity index (χ1n) is 25.9. The smallest absolute Gasteiger partial charge is 0.307 e. The Morgan fingerprint density at radius 1 is 0.256 bits per heavy atom. The molecule has 2 aromatic heterocycles. The van der Waals surface area contributed by atoms with E-state index in [0.717, 1.165) is 6.07 Å². The molecule has 12 rings (SSSR count). The summed E-state index contributed by atoms with van der Waals surface area (Å²) in [4.78, 5) is 0. The summed E-state index contributed by atoms with van der Waals surface area (Å²) in [5.74, 6) is 0. The van der Waals surface area contributed by atoms with E-state index in [1.807, 2.05) is 45.5 Å². The molecule has 12 nitrogen and oxygen atoms in total. The quantitative estimate of drug-likeness (QED) is 0.146. The molecule has 0 fully saturated rings. The third-order valence-electron chi connectivity index (χ3n) is 15.3. The van der Waals surface area contributed by atoms with Crippen LogP contribution in [0.25, 0.3) is 111 Å². The number of halogens is 3. The topological polar surface area (TPSA) is 248 Å². The van der Waals surface area contributed by atoms with Crippen molar-refractivity contribution in [2.75, 3.05) is 0 Å². The zero-order valence-corrected chi connectivity index (χ0v) is 44.2. The summed E-state index contributed by atoms with van der Waals surface area (Å²) in [5.41, 5.74) is 6.83. The van der Waals surface area contributed by atoms with Crippen LogP contribution in [0, 0.1) is 113 Å². The van der Waals surface area contributed by atoms with Crippen LogP contribution in [0.3, 0.4) is 0 Å². The molecule has 0 unspecified atom stereocenters. The lowest BCUT2D eigenvalue weighted by atomic mass is 9.92. The van der Waals surface area contributed by atoms with E-state index in [1.54, 1.807) is 91.0 Å². The highest BCUT2D eigenvalue weighted by molar-refractivity contribution is 6.14. The molecular weight excluding hydrogens is 1080 g/mol. The Labute approximate surface area is 487 Å². The first-order chi connectivity index (χ1) is 41.8. The fraction of sp³-hybridized carbons (Fsp3) is 0.0141. The Morgan fingerprint density at radius 2 is 0.523 bits per heavy atom. The van der Waals surface area contributed by atoms with Crippen molar-refractivity contribution in [3.05, 3.63) is 237 Å². The van der Waals surface area contributed by atoms with E-state index in [4.69, 9.17) is 0 Å². The lowest BCUT2D eigenvalue weighted by Gasteiger charge is -2.21. The number of nitrogens with zero attached hydrogens (tertiary/aromatic N) is 12. The third-order valence-corrected chi connectivity index (χ3v) is 15.3. The Hall–Kier alpha value is -13.5. The SMILES string of the molecule is N#Cc1ccc(-c2ccc3c(c2)c2cc(-c4ccc(C#N)cc4C#N)ccc2n3-c2cc(C#N)c(-c3ccc(C#N)cc3C(F)(F)F)cc2-n2c3ccc(-c4ccc(C#N)cc4C#N)cc3c3cc(-c4ccc(C#N)cc4C#N)ccc32)c(C#N)c1. The van der Waals surface area contributed by atoms with Crippen molar-refractivity contribution >= 4 is 43.6 Å². The van der Waals surface area contributed by atoms with Crippen molar-refractivity contribution in [3.8, 4) is 128 Å². The van der Waals surface area contributed by atoms with Gasteiger partial charge in [0.25, 0.3) is 0 Å². The normalized spacial score (nSPS) is 10.8. The van der Waals surface area contributed by atoms with Crippen LogP contribution in [0.2, 0.25) is 0 Å². The average Bonchev–Trinajstić information content (AvgIpc) is 1.72. The Balaban J connectivity index is 1.24. The molecule has 12 aromatic rings. The van der Waals surface area contributed by atoms with Gasteiger partial charge in [0.2, 0.25) is 0 Å². The van der Waals surface area contributed by atoms with Crippen molar-refractivity contribution in [2.45, 2.75) is 6.18 Å². The molecule has 10 aromatic carbocycles. The second-order valence-corrected chi connectivity index (χ2v) is 19.9. The van der Waals surface area contributed by atoms with Gasteiger partial charge in [-0.05, 0) is 171 Å². The predicted molar refractivity (Wildman–Crippen MR) is 314 cm³/mol. The molecule has 0 aliphatic carbocycles. The number of alkyl halides is 3. The maximum atomic E-state index is 15.4. The first-order valence-corrected chi connectivity index (χ1v) is 25.9. The van der Waals surface area contributed by atoms with Gasteiger partial charge in [-0.25, -0.2) is 0 Å². The van der Waals surface area contributed by atoms with Gasteiger partial charge in [0, 0.05) is 27.1 Å². The van der Waals surface area contributed by atoms with Gasteiger partial charge in [-0.2, -0.15) is 65.8 Å². The Bertz CT molecular complexity index is 5230. The van der Waals surface area contributed by atoms with E-state index in [1.165, 1.54) is 48.5 Å². The standard InChI is InChI=1S/C71H29F3N12/c72-71(73,74)64-23-44(34-79)5-14-58(64)59-29-70(86-67-17-8-47(56-12-3-42(32-77)21-51(56)37-82)26-62(67)63-27-48(9-18-68(63)86)57-13-4-43(33-78)22-52(57)38-83)69(28-53(59)39-84)85-65-15-6-45(54-10-1-40(30-75)19-49(54)35-80)24-60(65)61-25-46(7-16-66(61)85)55-11-2-41(31-76)20-50(55)36-81/h1-29H. The monoisotopic (exact) mass is 1110 g/mol. The first kappa shape index (κ1) is 53.1. The largest absolute Gasteiger partial charge is 0.417 e. The van der Waals surface area contributed by atoms with Crippen molar-refractivity contribution in [3.63, 3.8) is 0 Å². The van der Waals surface area contributed by atoms with Crippen molar-refractivity contribution in [2.24, 2.45) is 0 Å². The fourth-order valence-electron chi connectivity index (χ4n) is 11.4. The Morgan fingerprint density at radius 3 is 0.802 bits per heavy atom. The van der Waals surface area contributed by atoms with Crippen LogP contribution in [0.1, 0.15) is 61.2 Å². The number of benzene rings is 10. The van der Waals surface area contributed by atoms with Crippen LogP contribution >= 0.6 is 0 Å². The molecule has 2 heterocycles.